The Morgan fingerprint density at radius 2 is 2.36 bits per heavy atom. The fourth-order valence-corrected chi connectivity index (χ4v) is 1.15. The van der Waals surface area contributed by atoms with Crippen LogP contribution in [0.1, 0.15) is 5.69 Å². The molecule has 1 atom stereocenters. The minimum Gasteiger partial charge on any atom is -0.480 e. The molecule has 5 nitrogen and oxygen atoms in total. The van der Waals surface area contributed by atoms with Crippen LogP contribution in [0.3, 0.4) is 0 Å². The summed E-state index contributed by atoms with van der Waals surface area (Å²) in [6.07, 6.45) is 0.266. The van der Waals surface area contributed by atoms with E-state index in [1.165, 1.54) is 6.07 Å². The van der Waals surface area contributed by atoms with Gasteiger partial charge in [0.2, 0.25) is 5.56 Å². The average molecular weight is 196 g/mol. The molecule has 0 saturated carbocycles. The van der Waals surface area contributed by atoms with E-state index in [9.17, 15) is 9.59 Å². The van der Waals surface area contributed by atoms with Crippen molar-refractivity contribution in [2.24, 2.45) is 0 Å². The van der Waals surface area contributed by atoms with Crippen LogP contribution < -0.4 is 10.9 Å². The summed E-state index contributed by atoms with van der Waals surface area (Å²) in [5, 5.41) is 11.4. The molecule has 5 heteroatoms. The molecule has 1 aromatic heterocycles. The lowest BCUT2D eigenvalue weighted by molar-refractivity contribution is -0.139. The molecule has 0 aromatic carbocycles. The Kier molecular flexibility index (Phi) is 3.41. The summed E-state index contributed by atoms with van der Waals surface area (Å²) in [4.78, 5) is 24.1. The zero-order valence-electron chi connectivity index (χ0n) is 7.78. The Hall–Kier alpha value is -1.62. The van der Waals surface area contributed by atoms with Crippen LogP contribution in [0.15, 0.2) is 23.0 Å². The Labute approximate surface area is 80.8 Å². The van der Waals surface area contributed by atoms with Gasteiger partial charge in [-0.2, -0.15) is 0 Å². The van der Waals surface area contributed by atoms with Crippen molar-refractivity contribution in [1.29, 1.82) is 0 Å². The van der Waals surface area contributed by atoms with Crippen molar-refractivity contribution in [3.05, 3.63) is 34.2 Å². The Bertz CT molecular complexity index is 372. The number of hydrogen-bond donors (Lipinski definition) is 3. The van der Waals surface area contributed by atoms with Crippen molar-refractivity contribution in [3.63, 3.8) is 0 Å². The highest BCUT2D eigenvalue weighted by atomic mass is 16.4. The zero-order valence-corrected chi connectivity index (χ0v) is 7.78. The lowest BCUT2D eigenvalue weighted by Crippen LogP contribution is -2.36. The molecule has 0 fully saturated rings. The van der Waals surface area contributed by atoms with Crippen molar-refractivity contribution < 1.29 is 9.90 Å². The van der Waals surface area contributed by atoms with E-state index in [4.69, 9.17) is 5.11 Å². The first-order valence-corrected chi connectivity index (χ1v) is 4.22. The summed E-state index contributed by atoms with van der Waals surface area (Å²) in [7, 11) is 1.57. The standard InChI is InChI=1S/C9H12N2O3/c1-10-7(9(13)14)5-6-3-2-4-8(12)11-6/h2-4,7,10H,5H2,1H3,(H,11,12)(H,13,14)/t7-/m0/s1. The molecule has 0 bridgehead atoms. The van der Waals surface area contributed by atoms with Crippen molar-refractivity contribution in [2.75, 3.05) is 7.05 Å². The van der Waals surface area contributed by atoms with Crippen molar-refractivity contribution in [1.82, 2.24) is 10.3 Å². The molecule has 3 N–H and O–H groups in total. The average Bonchev–Trinajstić information content (AvgIpc) is 2.14. The molecular weight excluding hydrogens is 184 g/mol. The Balaban J connectivity index is 2.77. The zero-order chi connectivity index (χ0) is 10.6. The van der Waals surface area contributed by atoms with E-state index in [1.807, 2.05) is 0 Å². The molecule has 0 unspecified atom stereocenters. The number of hydrogen-bond acceptors (Lipinski definition) is 3. The van der Waals surface area contributed by atoms with Gasteiger partial charge in [-0.15, -0.1) is 0 Å². The lowest BCUT2D eigenvalue weighted by atomic mass is 10.1. The highest BCUT2D eigenvalue weighted by Gasteiger charge is 2.15. The van der Waals surface area contributed by atoms with Gasteiger partial charge >= 0.3 is 5.97 Å². The van der Waals surface area contributed by atoms with Crippen LogP contribution in [0.2, 0.25) is 0 Å². The van der Waals surface area contributed by atoms with E-state index in [0.29, 0.717) is 5.69 Å². The highest BCUT2D eigenvalue weighted by Crippen LogP contribution is 1.97. The number of carbonyl (C=O) groups is 1. The maximum atomic E-state index is 10.9. The van der Waals surface area contributed by atoms with Gasteiger partial charge in [-0.3, -0.25) is 9.59 Å². The van der Waals surface area contributed by atoms with Crippen LogP contribution in [0.4, 0.5) is 0 Å². The Morgan fingerprint density at radius 3 is 2.86 bits per heavy atom. The van der Waals surface area contributed by atoms with E-state index in [0.717, 1.165) is 0 Å². The lowest BCUT2D eigenvalue weighted by Gasteiger charge is -2.10. The van der Waals surface area contributed by atoms with E-state index < -0.39 is 12.0 Å². The van der Waals surface area contributed by atoms with Crippen molar-refractivity contribution >= 4 is 5.97 Å². The first-order chi connectivity index (χ1) is 6.63. The molecule has 0 amide bonds. The van der Waals surface area contributed by atoms with Crippen LogP contribution in [0, 0.1) is 0 Å². The van der Waals surface area contributed by atoms with Crippen molar-refractivity contribution in [3.8, 4) is 0 Å². The number of H-pyrrole nitrogens is 1. The summed E-state index contributed by atoms with van der Waals surface area (Å²) in [6.45, 7) is 0. The topological polar surface area (TPSA) is 82.2 Å². The molecule has 1 aromatic rings. The summed E-state index contributed by atoms with van der Waals surface area (Å²) in [6, 6.07) is 4.00. The molecule has 0 aliphatic rings. The number of aliphatic carboxylic acids is 1. The number of aromatic amines is 1. The second kappa shape index (κ2) is 4.57. The normalized spacial score (nSPS) is 12.4. The minimum atomic E-state index is -0.933. The monoisotopic (exact) mass is 196 g/mol. The number of rotatable bonds is 4. The third kappa shape index (κ3) is 2.70. The number of aromatic nitrogens is 1. The SMILES string of the molecule is CN[C@@H](Cc1cccc(=O)[nH]1)C(=O)O. The van der Waals surface area contributed by atoms with Crippen LogP contribution in [-0.4, -0.2) is 29.1 Å². The number of likely N-dealkylation sites (N-methyl/N-ethyl adjacent to an activating group) is 1. The molecule has 14 heavy (non-hydrogen) atoms. The largest absolute Gasteiger partial charge is 0.480 e. The van der Waals surface area contributed by atoms with Crippen LogP contribution in [0.25, 0.3) is 0 Å². The van der Waals surface area contributed by atoms with Gasteiger partial charge < -0.3 is 15.4 Å². The van der Waals surface area contributed by atoms with Gasteiger partial charge in [0.15, 0.2) is 0 Å². The molecule has 0 spiro atoms. The number of pyridine rings is 1. The summed E-state index contributed by atoms with van der Waals surface area (Å²) in [5.74, 6) is -0.933. The molecule has 0 aliphatic heterocycles. The van der Waals surface area contributed by atoms with Crippen LogP contribution in [-0.2, 0) is 11.2 Å². The predicted octanol–water partition coefficient (Wildman–Crippen LogP) is -0.410. The summed E-state index contributed by atoms with van der Waals surface area (Å²) >= 11 is 0. The van der Waals surface area contributed by atoms with E-state index >= 15 is 0 Å². The fraction of sp³-hybridized carbons (Fsp3) is 0.333. The second-order valence-electron chi connectivity index (χ2n) is 2.92. The van der Waals surface area contributed by atoms with Gasteiger partial charge in [0, 0.05) is 18.2 Å². The third-order valence-electron chi connectivity index (χ3n) is 1.90. The maximum absolute atomic E-state index is 10.9. The first-order valence-electron chi connectivity index (χ1n) is 4.22. The fourth-order valence-electron chi connectivity index (χ4n) is 1.15. The van der Waals surface area contributed by atoms with E-state index in [1.54, 1.807) is 19.2 Å². The van der Waals surface area contributed by atoms with Crippen LogP contribution >= 0.6 is 0 Å². The molecule has 1 rings (SSSR count). The number of nitrogens with one attached hydrogen (secondary N) is 2. The molecule has 0 aliphatic carbocycles. The van der Waals surface area contributed by atoms with E-state index in [-0.39, 0.29) is 12.0 Å². The molecule has 1 heterocycles. The quantitative estimate of drug-likeness (QED) is 0.611. The first kappa shape index (κ1) is 10.5. The maximum Gasteiger partial charge on any atom is 0.321 e. The highest BCUT2D eigenvalue weighted by molar-refractivity contribution is 5.73. The smallest absolute Gasteiger partial charge is 0.321 e. The van der Waals surface area contributed by atoms with Gasteiger partial charge in [-0.05, 0) is 13.1 Å². The molecular formula is C9H12N2O3. The molecule has 76 valence electrons. The second-order valence-corrected chi connectivity index (χ2v) is 2.92. The van der Waals surface area contributed by atoms with Gasteiger partial charge in [0.1, 0.15) is 6.04 Å². The van der Waals surface area contributed by atoms with Gasteiger partial charge in [0.05, 0.1) is 0 Å². The van der Waals surface area contributed by atoms with Crippen molar-refractivity contribution in [2.45, 2.75) is 12.5 Å². The number of carboxylic acid groups (broad SMARTS) is 1. The van der Waals surface area contributed by atoms with Gasteiger partial charge in [-0.25, -0.2) is 0 Å². The summed E-state index contributed by atoms with van der Waals surface area (Å²) in [5.41, 5.74) is 0.391. The predicted molar refractivity (Wildman–Crippen MR) is 51.3 cm³/mol. The minimum absolute atomic E-state index is 0.220. The third-order valence-corrected chi connectivity index (χ3v) is 1.90. The van der Waals surface area contributed by atoms with Gasteiger partial charge in [-0.1, -0.05) is 6.07 Å². The number of carboxylic acids is 1. The summed E-state index contributed by atoms with van der Waals surface area (Å²) < 4.78 is 0. The molecule has 0 saturated heterocycles. The Morgan fingerprint density at radius 1 is 1.64 bits per heavy atom. The molecule has 0 radical (unpaired) electrons. The van der Waals surface area contributed by atoms with Crippen LogP contribution in [0.5, 0.6) is 0 Å². The van der Waals surface area contributed by atoms with E-state index in [2.05, 4.69) is 10.3 Å². The van der Waals surface area contributed by atoms with Gasteiger partial charge in [0.25, 0.3) is 0 Å².